The molecule has 1 atom stereocenters. The molecule has 1 aromatic carbocycles. The molecule has 1 fully saturated rings. The zero-order valence-corrected chi connectivity index (χ0v) is 16.1. The van der Waals surface area contributed by atoms with Crippen LogP contribution in [-0.4, -0.2) is 24.5 Å². The summed E-state index contributed by atoms with van der Waals surface area (Å²) in [7, 11) is 0. The Morgan fingerprint density at radius 2 is 1.77 bits per heavy atom. The molecule has 5 heteroatoms. The number of urea groups is 1. The van der Waals surface area contributed by atoms with E-state index in [9.17, 15) is 9.59 Å². The van der Waals surface area contributed by atoms with Crippen LogP contribution in [0.2, 0.25) is 0 Å². The number of hydrogen-bond acceptors (Lipinski definition) is 2. The van der Waals surface area contributed by atoms with E-state index >= 15 is 0 Å². The van der Waals surface area contributed by atoms with Gasteiger partial charge in [-0.2, -0.15) is 0 Å². The normalized spacial score (nSPS) is 16.1. The van der Waals surface area contributed by atoms with Gasteiger partial charge in [0, 0.05) is 19.0 Å². The predicted octanol–water partition coefficient (Wildman–Crippen LogP) is 3.91. The molecule has 1 unspecified atom stereocenters. The van der Waals surface area contributed by atoms with Gasteiger partial charge in [0.25, 0.3) is 0 Å². The van der Waals surface area contributed by atoms with Crippen molar-refractivity contribution in [2.75, 3.05) is 6.54 Å². The van der Waals surface area contributed by atoms with Crippen molar-refractivity contribution in [3.8, 4) is 0 Å². The number of nitrogens with one attached hydrogen (secondary N) is 3. The fourth-order valence-corrected chi connectivity index (χ4v) is 3.48. The number of carbonyl (C=O) groups is 2. The average molecular weight is 360 g/mol. The molecular weight excluding hydrogens is 326 g/mol. The summed E-state index contributed by atoms with van der Waals surface area (Å²) in [5.74, 6) is 0.350. The minimum atomic E-state index is -0.110. The molecule has 0 aliphatic heterocycles. The molecule has 0 radical (unpaired) electrons. The van der Waals surface area contributed by atoms with Gasteiger partial charge in [-0.05, 0) is 30.7 Å². The molecule has 5 nitrogen and oxygen atoms in total. The summed E-state index contributed by atoms with van der Waals surface area (Å²) in [6.45, 7) is 4.73. The van der Waals surface area contributed by atoms with E-state index < -0.39 is 0 Å². The second-order valence-electron chi connectivity index (χ2n) is 7.54. The lowest BCUT2D eigenvalue weighted by Gasteiger charge is -2.23. The highest BCUT2D eigenvalue weighted by molar-refractivity contribution is 5.77. The molecule has 1 aromatic rings. The van der Waals surface area contributed by atoms with Crippen molar-refractivity contribution >= 4 is 11.9 Å². The highest BCUT2D eigenvalue weighted by atomic mass is 16.2. The van der Waals surface area contributed by atoms with Crippen molar-refractivity contribution in [2.45, 2.75) is 70.9 Å². The number of carbonyl (C=O) groups excluding carboxylic acids is 2. The van der Waals surface area contributed by atoms with Gasteiger partial charge in [-0.1, -0.05) is 63.4 Å². The first-order valence-electron chi connectivity index (χ1n) is 9.95. The monoisotopic (exact) mass is 359 g/mol. The van der Waals surface area contributed by atoms with Crippen LogP contribution in [0.3, 0.4) is 0 Å². The second-order valence-corrected chi connectivity index (χ2v) is 7.54. The summed E-state index contributed by atoms with van der Waals surface area (Å²) in [6.07, 6.45) is 6.88. The fourth-order valence-electron chi connectivity index (χ4n) is 3.48. The number of hydrogen-bond donors (Lipinski definition) is 3. The Labute approximate surface area is 157 Å². The number of rotatable bonds is 8. The maximum Gasteiger partial charge on any atom is 0.315 e. The maximum atomic E-state index is 12.3. The molecule has 0 heterocycles. The Balaban J connectivity index is 1.65. The molecule has 3 N–H and O–H groups in total. The first kappa shape index (κ1) is 20.3. The van der Waals surface area contributed by atoms with Crippen LogP contribution in [0, 0.1) is 5.92 Å². The van der Waals surface area contributed by atoms with E-state index in [1.54, 1.807) is 0 Å². The van der Waals surface area contributed by atoms with Crippen molar-refractivity contribution in [3.05, 3.63) is 35.9 Å². The topological polar surface area (TPSA) is 70.2 Å². The van der Waals surface area contributed by atoms with E-state index in [1.165, 1.54) is 19.3 Å². The van der Waals surface area contributed by atoms with Gasteiger partial charge in [-0.3, -0.25) is 4.79 Å². The lowest BCUT2D eigenvalue weighted by atomic mass is 9.96. The number of amides is 3. The second kappa shape index (κ2) is 10.8. The van der Waals surface area contributed by atoms with Crippen LogP contribution >= 0.6 is 0 Å². The molecule has 0 spiro atoms. The van der Waals surface area contributed by atoms with Crippen molar-refractivity contribution in [2.24, 2.45) is 5.92 Å². The summed E-state index contributed by atoms with van der Waals surface area (Å²) < 4.78 is 0. The lowest BCUT2D eigenvalue weighted by Crippen LogP contribution is -2.43. The van der Waals surface area contributed by atoms with E-state index in [2.05, 4.69) is 29.8 Å². The lowest BCUT2D eigenvalue weighted by molar-refractivity contribution is -0.122. The highest BCUT2D eigenvalue weighted by Crippen LogP contribution is 2.21. The molecular formula is C21H33N3O2. The highest BCUT2D eigenvalue weighted by Gasteiger charge is 2.18. The quantitative estimate of drug-likeness (QED) is 0.616. The average Bonchev–Trinajstić information content (AvgIpc) is 2.64. The van der Waals surface area contributed by atoms with E-state index in [-0.39, 0.29) is 18.0 Å². The van der Waals surface area contributed by atoms with Crippen molar-refractivity contribution in [1.29, 1.82) is 0 Å². The Morgan fingerprint density at radius 1 is 1.08 bits per heavy atom. The Morgan fingerprint density at radius 3 is 2.42 bits per heavy atom. The van der Waals surface area contributed by atoms with Crippen LogP contribution in [-0.2, 0) is 4.79 Å². The first-order chi connectivity index (χ1) is 12.6. The van der Waals surface area contributed by atoms with Gasteiger partial charge in [0.1, 0.15) is 0 Å². The molecule has 3 amide bonds. The van der Waals surface area contributed by atoms with Gasteiger partial charge in [-0.25, -0.2) is 4.79 Å². The molecule has 1 saturated carbocycles. The van der Waals surface area contributed by atoms with Crippen LogP contribution in [0.15, 0.2) is 30.3 Å². The molecule has 0 aromatic heterocycles. The zero-order chi connectivity index (χ0) is 18.8. The van der Waals surface area contributed by atoms with Crippen molar-refractivity contribution in [1.82, 2.24) is 16.0 Å². The maximum absolute atomic E-state index is 12.3. The van der Waals surface area contributed by atoms with Crippen LogP contribution in [0.4, 0.5) is 4.79 Å². The SMILES string of the molecule is CC(C)C(NC(=O)CCCNC(=O)NC1CCCCC1)c1ccccc1. The molecule has 144 valence electrons. The number of benzene rings is 1. The van der Waals surface area contributed by atoms with Gasteiger partial charge in [0.15, 0.2) is 0 Å². The van der Waals surface area contributed by atoms with Crippen LogP contribution < -0.4 is 16.0 Å². The van der Waals surface area contributed by atoms with Crippen LogP contribution in [0.25, 0.3) is 0 Å². The van der Waals surface area contributed by atoms with E-state index in [1.807, 2.05) is 30.3 Å². The van der Waals surface area contributed by atoms with E-state index in [4.69, 9.17) is 0 Å². The molecule has 0 saturated heterocycles. The van der Waals surface area contributed by atoms with Gasteiger partial charge in [0.2, 0.25) is 5.91 Å². The minimum Gasteiger partial charge on any atom is -0.349 e. The summed E-state index contributed by atoms with van der Waals surface area (Å²) >= 11 is 0. The summed E-state index contributed by atoms with van der Waals surface area (Å²) in [5, 5.41) is 9.01. The van der Waals surface area contributed by atoms with Crippen LogP contribution in [0.1, 0.15) is 70.4 Å². The molecule has 1 aliphatic carbocycles. The van der Waals surface area contributed by atoms with Gasteiger partial charge in [-0.15, -0.1) is 0 Å². The fraction of sp³-hybridized carbons (Fsp3) is 0.619. The third-order valence-electron chi connectivity index (χ3n) is 4.95. The van der Waals surface area contributed by atoms with Gasteiger partial charge in [0.05, 0.1) is 6.04 Å². The Hall–Kier alpha value is -2.04. The third kappa shape index (κ3) is 7.06. The molecule has 1 aliphatic rings. The smallest absolute Gasteiger partial charge is 0.315 e. The summed E-state index contributed by atoms with van der Waals surface area (Å²) in [5.41, 5.74) is 1.13. The summed E-state index contributed by atoms with van der Waals surface area (Å²) in [4.78, 5) is 24.1. The van der Waals surface area contributed by atoms with E-state index in [0.29, 0.717) is 31.3 Å². The Bertz CT molecular complexity index is 554. The largest absolute Gasteiger partial charge is 0.349 e. The Kier molecular flexibility index (Phi) is 8.45. The third-order valence-corrected chi connectivity index (χ3v) is 4.95. The first-order valence-corrected chi connectivity index (χ1v) is 9.95. The zero-order valence-electron chi connectivity index (χ0n) is 16.1. The molecule has 0 bridgehead atoms. The van der Waals surface area contributed by atoms with Gasteiger partial charge >= 0.3 is 6.03 Å². The summed E-state index contributed by atoms with van der Waals surface area (Å²) in [6, 6.07) is 10.3. The van der Waals surface area contributed by atoms with E-state index in [0.717, 1.165) is 18.4 Å². The van der Waals surface area contributed by atoms with Crippen molar-refractivity contribution in [3.63, 3.8) is 0 Å². The predicted molar refractivity (Wildman–Crippen MR) is 105 cm³/mol. The standard InChI is InChI=1S/C21H33N3O2/c1-16(2)20(17-10-5-3-6-11-17)24-19(25)14-9-15-22-21(26)23-18-12-7-4-8-13-18/h3,5-6,10-11,16,18,20H,4,7-9,12-15H2,1-2H3,(H,24,25)(H2,22,23,26). The van der Waals surface area contributed by atoms with Gasteiger partial charge < -0.3 is 16.0 Å². The molecule has 26 heavy (non-hydrogen) atoms. The van der Waals surface area contributed by atoms with Crippen LogP contribution in [0.5, 0.6) is 0 Å². The van der Waals surface area contributed by atoms with Crippen molar-refractivity contribution < 1.29 is 9.59 Å². The minimum absolute atomic E-state index is 0.0197. The molecule has 2 rings (SSSR count).